The zero-order chi connectivity index (χ0) is 13.4. The first-order chi connectivity index (χ1) is 9.13. The van der Waals surface area contributed by atoms with Crippen LogP contribution in [-0.4, -0.2) is 10.9 Å². The molecule has 0 saturated heterocycles. The highest BCUT2D eigenvalue weighted by Gasteiger charge is 2.17. The zero-order valence-electron chi connectivity index (χ0n) is 10.7. The summed E-state index contributed by atoms with van der Waals surface area (Å²) in [6.45, 7) is 2.40. The summed E-state index contributed by atoms with van der Waals surface area (Å²) in [4.78, 5) is 19.4. The Kier molecular flexibility index (Phi) is 3.28. The van der Waals surface area contributed by atoms with Crippen LogP contribution in [0.5, 0.6) is 0 Å². The molecule has 6 heteroatoms. The summed E-state index contributed by atoms with van der Waals surface area (Å²) in [6, 6.07) is 2.22. The van der Waals surface area contributed by atoms with E-state index in [9.17, 15) is 4.79 Å². The maximum atomic E-state index is 12.0. The molecule has 0 bridgehead atoms. The third-order valence-electron chi connectivity index (χ3n) is 3.24. The van der Waals surface area contributed by atoms with Gasteiger partial charge in [0.2, 0.25) is 0 Å². The van der Waals surface area contributed by atoms with Crippen LogP contribution < -0.4 is 11.1 Å². The number of carbonyl (C=O) groups excluding carboxylic acids is 1. The highest BCUT2D eigenvalue weighted by atomic mass is 32.1. The fourth-order valence-electron chi connectivity index (χ4n) is 2.35. The van der Waals surface area contributed by atoms with Crippen molar-refractivity contribution in [2.75, 3.05) is 5.73 Å². The summed E-state index contributed by atoms with van der Waals surface area (Å²) in [5.74, 6) is -0.0831. The highest BCUT2D eigenvalue weighted by Crippen LogP contribution is 2.30. The zero-order valence-corrected chi connectivity index (χ0v) is 12.3. The smallest absolute Gasteiger partial charge is 0.263 e. The van der Waals surface area contributed by atoms with E-state index in [1.54, 1.807) is 0 Å². The lowest BCUT2D eigenvalue weighted by Crippen LogP contribution is -2.22. The number of carbonyl (C=O) groups is 1. The van der Waals surface area contributed by atoms with Gasteiger partial charge in [-0.25, -0.2) is 4.98 Å². The topological polar surface area (TPSA) is 68.0 Å². The molecule has 1 amide bonds. The predicted octanol–water partition coefficient (Wildman–Crippen LogP) is 2.51. The molecule has 0 unspecified atom stereocenters. The van der Waals surface area contributed by atoms with Gasteiger partial charge in [-0.2, -0.15) is 0 Å². The molecule has 1 aliphatic carbocycles. The summed E-state index contributed by atoms with van der Waals surface area (Å²) in [5.41, 5.74) is 7.77. The normalized spacial score (nSPS) is 13.5. The second-order valence-electron chi connectivity index (χ2n) is 4.66. The van der Waals surface area contributed by atoms with Crippen LogP contribution in [0.4, 0.5) is 5.13 Å². The number of anilines is 1. The highest BCUT2D eigenvalue weighted by molar-refractivity contribution is 7.17. The molecule has 1 aliphatic rings. The average Bonchev–Trinajstić information content (AvgIpc) is 3.00. The molecular formula is C13H15N3OS2. The maximum absolute atomic E-state index is 12.0. The Hall–Kier alpha value is -1.40. The Labute approximate surface area is 119 Å². The van der Waals surface area contributed by atoms with Crippen LogP contribution in [0, 0.1) is 6.92 Å². The van der Waals surface area contributed by atoms with E-state index in [1.165, 1.54) is 45.9 Å². The number of amides is 1. The molecule has 2 aromatic heterocycles. The number of nitrogens with zero attached hydrogens (tertiary/aromatic N) is 1. The van der Waals surface area contributed by atoms with Crippen LogP contribution in [0.1, 0.15) is 37.1 Å². The fraction of sp³-hybridized carbons (Fsp3) is 0.385. The molecule has 3 rings (SSSR count). The minimum absolute atomic E-state index is 0.0831. The number of aryl methyl sites for hydroxylation is 3. The third kappa shape index (κ3) is 2.50. The predicted molar refractivity (Wildman–Crippen MR) is 78.8 cm³/mol. The van der Waals surface area contributed by atoms with Crippen molar-refractivity contribution in [3.8, 4) is 0 Å². The molecule has 3 N–H and O–H groups in total. The van der Waals surface area contributed by atoms with E-state index in [0.29, 0.717) is 22.2 Å². The van der Waals surface area contributed by atoms with Crippen LogP contribution in [-0.2, 0) is 19.4 Å². The van der Waals surface area contributed by atoms with Gasteiger partial charge in [0, 0.05) is 9.75 Å². The van der Waals surface area contributed by atoms with Gasteiger partial charge in [0.1, 0.15) is 4.88 Å². The fourth-order valence-corrected chi connectivity index (χ4v) is 4.30. The first-order valence-corrected chi connectivity index (χ1v) is 7.88. The van der Waals surface area contributed by atoms with Crippen molar-refractivity contribution >= 4 is 33.7 Å². The summed E-state index contributed by atoms with van der Waals surface area (Å²) in [5, 5.41) is 3.39. The number of thiazole rings is 1. The summed E-state index contributed by atoms with van der Waals surface area (Å²) in [6.07, 6.45) is 3.65. The molecule has 100 valence electrons. The Morgan fingerprint density at radius 1 is 1.47 bits per heavy atom. The molecule has 2 aromatic rings. The van der Waals surface area contributed by atoms with Crippen molar-refractivity contribution in [1.29, 1.82) is 0 Å². The van der Waals surface area contributed by atoms with Crippen molar-refractivity contribution in [3.63, 3.8) is 0 Å². The first-order valence-electron chi connectivity index (χ1n) is 6.25. The molecule has 0 radical (unpaired) electrons. The largest absolute Gasteiger partial charge is 0.375 e. The Morgan fingerprint density at radius 3 is 3.00 bits per heavy atom. The van der Waals surface area contributed by atoms with Gasteiger partial charge in [0.05, 0.1) is 12.2 Å². The van der Waals surface area contributed by atoms with E-state index in [-0.39, 0.29) is 5.91 Å². The number of fused-ring (bicyclic) bond motifs is 1. The summed E-state index contributed by atoms with van der Waals surface area (Å²) in [7, 11) is 0. The van der Waals surface area contributed by atoms with Crippen molar-refractivity contribution in [3.05, 3.63) is 32.0 Å². The van der Waals surface area contributed by atoms with Gasteiger partial charge in [-0.1, -0.05) is 11.3 Å². The molecule has 0 aromatic carbocycles. The SMILES string of the molecule is Cc1nc(N)sc1C(=O)NCc1cc2c(s1)CCC2. The van der Waals surface area contributed by atoms with Crippen molar-refractivity contribution in [1.82, 2.24) is 10.3 Å². The Morgan fingerprint density at radius 2 is 2.32 bits per heavy atom. The van der Waals surface area contributed by atoms with E-state index >= 15 is 0 Å². The molecule has 0 spiro atoms. The molecule has 0 fully saturated rings. The van der Waals surface area contributed by atoms with Gasteiger partial charge in [0.25, 0.3) is 5.91 Å². The van der Waals surface area contributed by atoms with Gasteiger partial charge in [-0.15, -0.1) is 11.3 Å². The number of hydrogen-bond donors (Lipinski definition) is 2. The lowest BCUT2D eigenvalue weighted by atomic mass is 10.2. The minimum Gasteiger partial charge on any atom is -0.375 e. The Bertz CT molecular complexity index is 608. The van der Waals surface area contributed by atoms with Crippen molar-refractivity contribution in [2.45, 2.75) is 32.7 Å². The molecular weight excluding hydrogens is 278 g/mol. The van der Waals surface area contributed by atoms with E-state index in [2.05, 4.69) is 16.4 Å². The van der Waals surface area contributed by atoms with Crippen LogP contribution in [0.2, 0.25) is 0 Å². The number of nitrogens with two attached hydrogens (primary N) is 1. The molecule has 19 heavy (non-hydrogen) atoms. The third-order valence-corrected chi connectivity index (χ3v) is 5.46. The number of aromatic nitrogens is 1. The van der Waals surface area contributed by atoms with Gasteiger partial charge >= 0.3 is 0 Å². The lowest BCUT2D eigenvalue weighted by Gasteiger charge is -2.02. The van der Waals surface area contributed by atoms with Crippen LogP contribution >= 0.6 is 22.7 Å². The van der Waals surface area contributed by atoms with Crippen LogP contribution in [0.3, 0.4) is 0 Å². The van der Waals surface area contributed by atoms with Gasteiger partial charge in [-0.05, 0) is 37.8 Å². The quantitative estimate of drug-likeness (QED) is 0.913. The number of rotatable bonds is 3. The number of nitrogens with one attached hydrogen (secondary N) is 1. The van der Waals surface area contributed by atoms with Gasteiger partial charge in [0.15, 0.2) is 5.13 Å². The lowest BCUT2D eigenvalue weighted by molar-refractivity contribution is 0.0954. The summed E-state index contributed by atoms with van der Waals surface area (Å²) >= 11 is 3.06. The van der Waals surface area contributed by atoms with Crippen molar-refractivity contribution in [2.24, 2.45) is 0 Å². The number of thiophene rings is 1. The standard InChI is InChI=1S/C13H15N3OS2/c1-7-11(19-13(14)16-7)12(17)15-6-9-5-8-3-2-4-10(8)18-9/h5H,2-4,6H2,1H3,(H2,14,16)(H,15,17). The molecule has 0 saturated carbocycles. The molecule has 2 heterocycles. The Balaban J connectivity index is 1.65. The van der Waals surface area contributed by atoms with E-state index in [0.717, 1.165) is 0 Å². The average molecular weight is 293 g/mol. The monoisotopic (exact) mass is 293 g/mol. The van der Waals surface area contributed by atoms with Gasteiger partial charge in [-0.3, -0.25) is 4.79 Å². The van der Waals surface area contributed by atoms with Crippen LogP contribution in [0.25, 0.3) is 0 Å². The molecule has 0 aliphatic heterocycles. The van der Waals surface area contributed by atoms with E-state index in [1.807, 2.05) is 18.3 Å². The number of nitrogen functional groups attached to an aromatic ring is 1. The number of hydrogen-bond acceptors (Lipinski definition) is 5. The van der Waals surface area contributed by atoms with E-state index < -0.39 is 0 Å². The minimum atomic E-state index is -0.0831. The summed E-state index contributed by atoms with van der Waals surface area (Å²) < 4.78 is 0. The maximum Gasteiger partial charge on any atom is 0.263 e. The second kappa shape index (κ2) is 4.94. The second-order valence-corrected chi connectivity index (χ2v) is 6.92. The molecule has 4 nitrogen and oxygen atoms in total. The van der Waals surface area contributed by atoms with Crippen LogP contribution in [0.15, 0.2) is 6.07 Å². The van der Waals surface area contributed by atoms with Gasteiger partial charge < -0.3 is 11.1 Å². The first kappa shape index (κ1) is 12.6. The molecule has 0 atom stereocenters. The van der Waals surface area contributed by atoms with Crippen molar-refractivity contribution < 1.29 is 4.79 Å². The van der Waals surface area contributed by atoms with E-state index in [4.69, 9.17) is 5.73 Å².